The van der Waals surface area contributed by atoms with Crippen molar-refractivity contribution in [1.29, 1.82) is 0 Å². The summed E-state index contributed by atoms with van der Waals surface area (Å²) in [7, 11) is 0. The van der Waals surface area contributed by atoms with Crippen LogP contribution in [0, 0.1) is 10.1 Å². The molecule has 0 bridgehead atoms. The molecule has 6 heteroatoms. The molecule has 0 saturated heterocycles. The van der Waals surface area contributed by atoms with Crippen LogP contribution < -0.4 is 0 Å². The molecule has 0 aliphatic carbocycles. The fraction of sp³-hybridized carbons (Fsp3) is 0.444. The second-order valence-electron chi connectivity index (χ2n) is 3.98. The summed E-state index contributed by atoms with van der Waals surface area (Å²) in [6.07, 6.45) is 1.19. The van der Waals surface area contributed by atoms with E-state index in [9.17, 15) is 14.9 Å². The van der Waals surface area contributed by atoms with Gasteiger partial charge in [0.05, 0.1) is 6.20 Å². The third-order valence-electron chi connectivity index (χ3n) is 1.51. The van der Waals surface area contributed by atoms with Crippen molar-refractivity contribution in [2.24, 2.45) is 0 Å². The molecule has 0 fully saturated rings. The Bertz CT molecular complexity index is 389. The van der Waals surface area contributed by atoms with E-state index < -0.39 is 16.6 Å². The number of aromatic nitrogens is 1. The summed E-state index contributed by atoms with van der Waals surface area (Å²) in [6, 6.07) is 2.76. The van der Waals surface area contributed by atoms with E-state index in [-0.39, 0.29) is 5.69 Å². The third-order valence-corrected chi connectivity index (χ3v) is 1.51. The van der Waals surface area contributed by atoms with E-state index in [0.29, 0.717) is 4.68 Å². The van der Waals surface area contributed by atoms with Crippen LogP contribution in [-0.4, -0.2) is 21.3 Å². The average Bonchev–Trinajstić information content (AvgIpc) is 2.47. The molecule has 0 amide bonds. The number of rotatable bonds is 2. The average molecular weight is 212 g/mol. The summed E-state index contributed by atoms with van der Waals surface area (Å²) in [5.74, 6) is -0.704. The molecule has 0 unspecified atom stereocenters. The van der Waals surface area contributed by atoms with Crippen LogP contribution in [0.15, 0.2) is 18.3 Å². The van der Waals surface area contributed by atoms with Gasteiger partial charge in [-0.15, -0.1) is 0 Å². The molecule has 1 heterocycles. The summed E-state index contributed by atoms with van der Waals surface area (Å²) < 4.78 is 5.64. The number of hydrogen-bond acceptors (Lipinski definition) is 4. The molecule has 0 N–H and O–H groups in total. The molecule has 0 radical (unpaired) electrons. The first kappa shape index (κ1) is 11.2. The van der Waals surface area contributed by atoms with E-state index in [1.54, 1.807) is 20.8 Å². The van der Waals surface area contributed by atoms with Crippen LogP contribution >= 0.6 is 0 Å². The summed E-state index contributed by atoms with van der Waals surface area (Å²) in [6.45, 7) is 5.10. The van der Waals surface area contributed by atoms with Crippen molar-refractivity contribution in [1.82, 2.24) is 4.68 Å². The minimum atomic E-state index is -0.704. The van der Waals surface area contributed by atoms with Gasteiger partial charge < -0.3 is 4.74 Å². The number of esters is 1. The van der Waals surface area contributed by atoms with E-state index in [1.807, 2.05) is 0 Å². The van der Waals surface area contributed by atoms with Gasteiger partial charge in [0.2, 0.25) is 0 Å². The third kappa shape index (κ3) is 2.80. The summed E-state index contributed by atoms with van der Waals surface area (Å²) >= 11 is 0. The molecule has 15 heavy (non-hydrogen) atoms. The monoisotopic (exact) mass is 212 g/mol. The summed E-state index contributed by atoms with van der Waals surface area (Å²) in [4.78, 5) is 22.0. The maximum Gasteiger partial charge on any atom is 0.361 e. The maximum absolute atomic E-state index is 11.5. The van der Waals surface area contributed by atoms with E-state index in [2.05, 4.69) is 0 Å². The fourth-order valence-electron chi connectivity index (χ4n) is 1.01. The molecule has 1 aromatic heterocycles. The molecule has 0 atom stereocenters. The molecule has 1 rings (SSSR count). The van der Waals surface area contributed by atoms with Gasteiger partial charge in [-0.25, -0.2) is 14.9 Å². The first-order valence-corrected chi connectivity index (χ1v) is 4.36. The zero-order chi connectivity index (χ0) is 11.6. The molecule has 82 valence electrons. The predicted molar refractivity (Wildman–Crippen MR) is 52.0 cm³/mol. The second kappa shape index (κ2) is 3.72. The minimum Gasteiger partial charge on any atom is -0.455 e. The largest absolute Gasteiger partial charge is 0.455 e. The van der Waals surface area contributed by atoms with E-state index in [0.717, 1.165) is 0 Å². The van der Waals surface area contributed by atoms with Gasteiger partial charge in [-0.1, -0.05) is 4.68 Å². The molecule has 6 nitrogen and oxygen atoms in total. The molecule has 0 aromatic carbocycles. The Hall–Kier alpha value is -1.85. The normalized spacial score (nSPS) is 11.1. The Kier molecular flexibility index (Phi) is 2.78. The molecule has 0 aliphatic heterocycles. The van der Waals surface area contributed by atoms with Crippen molar-refractivity contribution in [3.05, 3.63) is 34.1 Å². The first-order chi connectivity index (χ1) is 6.81. The predicted octanol–water partition coefficient (Wildman–Crippen LogP) is 1.48. The Labute approximate surface area is 86.6 Å². The highest BCUT2D eigenvalue weighted by Crippen LogP contribution is 2.12. The topological polar surface area (TPSA) is 74.4 Å². The Morgan fingerprint density at radius 1 is 1.53 bits per heavy atom. The lowest BCUT2D eigenvalue weighted by Gasteiger charge is -2.18. The Morgan fingerprint density at radius 3 is 2.60 bits per heavy atom. The fourth-order valence-corrected chi connectivity index (χ4v) is 1.01. The summed E-state index contributed by atoms with van der Waals surface area (Å²) in [5, 5.41) is 9.83. The lowest BCUT2D eigenvalue weighted by atomic mass is 10.2. The van der Waals surface area contributed by atoms with Gasteiger partial charge in [-0.05, 0) is 32.9 Å². The molecule has 0 saturated carbocycles. The SMILES string of the molecule is CC(C)(C)OC(=O)c1cccn1[N+](=O)[O-]. The van der Waals surface area contributed by atoms with E-state index in [1.165, 1.54) is 18.3 Å². The molecular weight excluding hydrogens is 200 g/mol. The standard InChI is InChI=1S/C9H12N2O4/c1-9(2,3)15-8(12)7-5-4-6-10(7)11(13)14/h4-6H,1-3H3. The van der Waals surface area contributed by atoms with Crippen LogP contribution in [0.5, 0.6) is 0 Å². The highest BCUT2D eigenvalue weighted by Gasteiger charge is 2.23. The molecular formula is C9H12N2O4. The van der Waals surface area contributed by atoms with Crippen LogP contribution in [0.3, 0.4) is 0 Å². The number of carbonyl (C=O) groups is 1. The van der Waals surface area contributed by atoms with Crippen molar-refractivity contribution in [2.75, 3.05) is 0 Å². The number of nitro groups is 1. The molecule has 1 aromatic rings. The van der Waals surface area contributed by atoms with Crippen molar-refractivity contribution in [2.45, 2.75) is 26.4 Å². The van der Waals surface area contributed by atoms with Crippen LogP contribution in [0.25, 0.3) is 0 Å². The van der Waals surface area contributed by atoms with Gasteiger partial charge in [-0.2, -0.15) is 0 Å². The minimum absolute atomic E-state index is 0.0880. The Morgan fingerprint density at radius 2 is 2.13 bits per heavy atom. The number of nitrogens with zero attached hydrogens (tertiary/aromatic N) is 2. The number of hydrogen-bond donors (Lipinski definition) is 0. The van der Waals surface area contributed by atoms with Gasteiger partial charge in [0.25, 0.3) is 0 Å². The van der Waals surface area contributed by atoms with Crippen LogP contribution in [0.4, 0.5) is 0 Å². The number of carbonyl (C=O) groups excluding carboxylic acids is 1. The van der Waals surface area contributed by atoms with E-state index in [4.69, 9.17) is 4.74 Å². The second-order valence-corrected chi connectivity index (χ2v) is 3.98. The number of ether oxygens (including phenoxy) is 1. The Balaban J connectivity index is 2.92. The van der Waals surface area contributed by atoms with Gasteiger partial charge in [0.1, 0.15) is 5.60 Å². The van der Waals surface area contributed by atoms with Crippen molar-refractivity contribution >= 4 is 5.97 Å². The molecule has 0 spiro atoms. The summed E-state index contributed by atoms with van der Waals surface area (Å²) in [5.41, 5.74) is -0.752. The highest BCUT2D eigenvalue weighted by atomic mass is 16.7. The molecule has 0 aliphatic rings. The zero-order valence-corrected chi connectivity index (χ0v) is 8.76. The van der Waals surface area contributed by atoms with Gasteiger partial charge >= 0.3 is 5.97 Å². The lowest BCUT2D eigenvalue weighted by molar-refractivity contribution is -0.542. The van der Waals surface area contributed by atoms with Crippen LogP contribution in [-0.2, 0) is 4.74 Å². The van der Waals surface area contributed by atoms with Crippen molar-refractivity contribution in [3.8, 4) is 0 Å². The van der Waals surface area contributed by atoms with Crippen LogP contribution in [0.1, 0.15) is 31.3 Å². The lowest BCUT2D eigenvalue weighted by Crippen LogP contribution is -2.26. The van der Waals surface area contributed by atoms with Crippen LogP contribution in [0.2, 0.25) is 0 Å². The first-order valence-electron chi connectivity index (χ1n) is 4.36. The van der Waals surface area contributed by atoms with Gasteiger partial charge in [0.15, 0.2) is 10.7 Å². The van der Waals surface area contributed by atoms with Gasteiger partial charge in [-0.3, -0.25) is 0 Å². The van der Waals surface area contributed by atoms with Crippen molar-refractivity contribution < 1.29 is 14.6 Å². The van der Waals surface area contributed by atoms with E-state index >= 15 is 0 Å². The highest BCUT2D eigenvalue weighted by molar-refractivity contribution is 5.87. The quantitative estimate of drug-likeness (QED) is 0.422. The van der Waals surface area contributed by atoms with Gasteiger partial charge in [0, 0.05) is 0 Å². The zero-order valence-electron chi connectivity index (χ0n) is 8.76. The smallest absolute Gasteiger partial charge is 0.361 e. The maximum atomic E-state index is 11.5. The van der Waals surface area contributed by atoms with Crippen molar-refractivity contribution in [3.63, 3.8) is 0 Å².